The van der Waals surface area contributed by atoms with Crippen molar-refractivity contribution in [1.29, 1.82) is 0 Å². The zero-order valence-corrected chi connectivity index (χ0v) is 11.7. The number of amides is 1. The van der Waals surface area contributed by atoms with Crippen LogP contribution in [0.25, 0.3) is 0 Å². The Balaban J connectivity index is 2.32. The van der Waals surface area contributed by atoms with E-state index in [2.05, 4.69) is 0 Å². The molecule has 1 heterocycles. The van der Waals surface area contributed by atoms with Crippen LogP contribution in [0.5, 0.6) is 0 Å². The summed E-state index contributed by atoms with van der Waals surface area (Å²) in [6.45, 7) is 0.980. The zero-order chi connectivity index (χ0) is 14.9. The summed E-state index contributed by atoms with van der Waals surface area (Å²) in [5.41, 5.74) is -0.0524. The molecule has 1 aromatic carbocycles. The molecule has 1 aromatic rings. The Kier molecular flexibility index (Phi) is 4.07. The van der Waals surface area contributed by atoms with Crippen molar-refractivity contribution in [2.45, 2.75) is 17.4 Å². The maximum atomic E-state index is 13.4. The fourth-order valence-corrected chi connectivity index (χ4v) is 2.62. The number of benzene rings is 1. The van der Waals surface area contributed by atoms with E-state index in [1.54, 1.807) is 7.05 Å². The van der Waals surface area contributed by atoms with Gasteiger partial charge in [0.1, 0.15) is 5.82 Å². The van der Waals surface area contributed by atoms with Gasteiger partial charge in [0, 0.05) is 19.2 Å². The molecule has 8 heteroatoms. The van der Waals surface area contributed by atoms with Gasteiger partial charge in [0.05, 0.1) is 17.5 Å². The number of nitrogens with two attached hydrogens (primary N) is 1. The molecule has 1 aliphatic heterocycles. The van der Waals surface area contributed by atoms with Gasteiger partial charge in [-0.15, -0.1) is 0 Å². The van der Waals surface area contributed by atoms with E-state index in [-0.39, 0.29) is 11.6 Å². The van der Waals surface area contributed by atoms with E-state index in [1.807, 2.05) is 0 Å². The number of rotatable bonds is 3. The molecule has 6 nitrogen and oxygen atoms in total. The van der Waals surface area contributed by atoms with Gasteiger partial charge in [-0.1, -0.05) is 0 Å². The van der Waals surface area contributed by atoms with Gasteiger partial charge in [0.25, 0.3) is 5.91 Å². The number of likely N-dealkylation sites (N-methyl/N-ethyl adjacent to an activating group) is 1. The number of halogens is 1. The molecule has 0 spiro atoms. The molecule has 0 radical (unpaired) electrons. The Hall–Kier alpha value is -1.51. The molecule has 0 aromatic heterocycles. The Labute approximate surface area is 116 Å². The van der Waals surface area contributed by atoms with Crippen LogP contribution < -0.4 is 5.14 Å². The average Bonchev–Trinajstić information content (AvgIpc) is 2.89. The number of hydrogen-bond donors (Lipinski definition) is 1. The fourth-order valence-electron chi connectivity index (χ4n) is 2.05. The van der Waals surface area contributed by atoms with Crippen molar-refractivity contribution in [3.8, 4) is 0 Å². The maximum absolute atomic E-state index is 13.4. The predicted octanol–water partition coefficient (Wildman–Crippen LogP) is 0.334. The molecule has 110 valence electrons. The third kappa shape index (κ3) is 3.14. The van der Waals surface area contributed by atoms with Crippen LogP contribution in [0.4, 0.5) is 4.39 Å². The summed E-state index contributed by atoms with van der Waals surface area (Å²) in [4.78, 5) is 13.2. The summed E-state index contributed by atoms with van der Waals surface area (Å²) in [5, 5.41) is 4.95. The molecule has 0 aliphatic carbocycles. The normalized spacial score (nSPS) is 19.1. The van der Waals surface area contributed by atoms with E-state index >= 15 is 0 Å². The van der Waals surface area contributed by atoms with E-state index in [1.165, 1.54) is 4.90 Å². The highest BCUT2D eigenvalue weighted by Gasteiger charge is 2.26. The molecule has 2 rings (SSSR count). The minimum absolute atomic E-state index is 0.0524. The quantitative estimate of drug-likeness (QED) is 0.871. The number of nitrogens with zero attached hydrogens (tertiary/aromatic N) is 1. The molecule has 1 unspecified atom stereocenters. The van der Waals surface area contributed by atoms with Gasteiger partial charge in [-0.2, -0.15) is 0 Å². The molecular weight excluding hydrogens is 287 g/mol. The number of carbonyl (C=O) groups is 1. The molecule has 20 heavy (non-hydrogen) atoms. The molecule has 1 fully saturated rings. The molecule has 1 aliphatic rings. The SMILES string of the molecule is CN(C(=O)c1cc(F)cc(S(N)(=O)=O)c1)C1CCOC1. The van der Waals surface area contributed by atoms with Gasteiger partial charge in [0.2, 0.25) is 10.0 Å². The Morgan fingerprint density at radius 3 is 2.70 bits per heavy atom. The first-order valence-electron chi connectivity index (χ1n) is 5.97. The van der Waals surface area contributed by atoms with Crippen LogP contribution in [0.1, 0.15) is 16.8 Å². The van der Waals surface area contributed by atoms with Gasteiger partial charge in [-0.25, -0.2) is 17.9 Å². The minimum Gasteiger partial charge on any atom is -0.379 e. The molecule has 1 amide bonds. The standard InChI is InChI=1S/C12H15FN2O4S/c1-15(10-2-3-19-7-10)12(16)8-4-9(13)6-11(5-8)20(14,17)18/h4-6,10H,2-3,7H2,1H3,(H2,14,17,18). The lowest BCUT2D eigenvalue weighted by molar-refractivity contribution is 0.0710. The Bertz CT molecular complexity index is 626. The maximum Gasteiger partial charge on any atom is 0.254 e. The van der Waals surface area contributed by atoms with Gasteiger partial charge in [-0.05, 0) is 24.6 Å². The molecule has 2 N–H and O–H groups in total. The van der Waals surface area contributed by atoms with Gasteiger partial charge in [-0.3, -0.25) is 4.79 Å². The topological polar surface area (TPSA) is 89.7 Å². The van der Waals surface area contributed by atoms with Crippen LogP contribution in [0.3, 0.4) is 0 Å². The van der Waals surface area contributed by atoms with Crippen LogP contribution in [-0.4, -0.2) is 45.5 Å². The van der Waals surface area contributed by atoms with Crippen molar-refractivity contribution in [3.63, 3.8) is 0 Å². The molecule has 0 bridgehead atoms. The van der Waals surface area contributed by atoms with Gasteiger partial charge < -0.3 is 9.64 Å². The molecule has 1 atom stereocenters. The van der Waals surface area contributed by atoms with E-state index in [0.29, 0.717) is 19.6 Å². The summed E-state index contributed by atoms with van der Waals surface area (Å²) < 4.78 is 41.1. The first-order chi connectivity index (χ1) is 9.29. The molecule has 0 saturated carbocycles. The second kappa shape index (κ2) is 5.47. The van der Waals surface area contributed by atoms with Crippen LogP contribution >= 0.6 is 0 Å². The Morgan fingerprint density at radius 1 is 1.45 bits per heavy atom. The van der Waals surface area contributed by atoms with Crippen LogP contribution in [0.15, 0.2) is 23.1 Å². The monoisotopic (exact) mass is 302 g/mol. The van der Waals surface area contributed by atoms with Gasteiger partial charge in [0.15, 0.2) is 0 Å². The second-order valence-corrected chi connectivity index (χ2v) is 6.22. The van der Waals surface area contributed by atoms with E-state index in [0.717, 1.165) is 18.2 Å². The summed E-state index contributed by atoms with van der Waals surface area (Å²) >= 11 is 0. The first-order valence-corrected chi connectivity index (χ1v) is 7.52. The van der Waals surface area contributed by atoms with Crippen LogP contribution in [0.2, 0.25) is 0 Å². The smallest absolute Gasteiger partial charge is 0.254 e. The summed E-state index contributed by atoms with van der Waals surface area (Å²) in [7, 11) is -2.49. The first kappa shape index (κ1) is 14.9. The second-order valence-electron chi connectivity index (χ2n) is 4.65. The van der Waals surface area contributed by atoms with Crippen molar-refractivity contribution < 1.29 is 22.3 Å². The highest BCUT2D eigenvalue weighted by atomic mass is 32.2. The van der Waals surface area contributed by atoms with E-state index in [9.17, 15) is 17.6 Å². The number of ether oxygens (including phenoxy) is 1. The van der Waals surface area contributed by atoms with E-state index in [4.69, 9.17) is 9.88 Å². The highest BCUT2D eigenvalue weighted by molar-refractivity contribution is 7.89. The number of hydrogen-bond acceptors (Lipinski definition) is 4. The summed E-state index contributed by atoms with van der Waals surface area (Å²) in [6.07, 6.45) is 0.694. The number of carbonyl (C=O) groups excluding carboxylic acids is 1. The Morgan fingerprint density at radius 2 is 2.15 bits per heavy atom. The fraction of sp³-hybridized carbons (Fsp3) is 0.417. The van der Waals surface area contributed by atoms with Crippen LogP contribution in [-0.2, 0) is 14.8 Å². The van der Waals surface area contributed by atoms with Gasteiger partial charge >= 0.3 is 0 Å². The van der Waals surface area contributed by atoms with Crippen molar-refractivity contribution in [2.75, 3.05) is 20.3 Å². The van der Waals surface area contributed by atoms with Crippen molar-refractivity contribution in [2.24, 2.45) is 5.14 Å². The average molecular weight is 302 g/mol. The van der Waals surface area contributed by atoms with Crippen molar-refractivity contribution in [1.82, 2.24) is 4.90 Å². The zero-order valence-electron chi connectivity index (χ0n) is 10.9. The third-order valence-corrected chi connectivity index (χ3v) is 4.11. The lowest BCUT2D eigenvalue weighted by Crippen LogP contribution is -2.37. The number of primary sulfonamides is 1. The van der Waals surface area contributed by atoms with E-state index < -0.39 is 26.6 Å². The van der Waals surface area contributed by atoms with Crippen LogP contribution in [0, 0.1) is 5.82 Å². The largest absolute Gasteiger partial charge is 0.379 e. The minimum atomic E-state index is -4.06. The highest BCUT2D eigenvalue weighted by Crippen LogP contribution is 2.18. The lowest BCUT2D eigenvalue weighted by atomic mass is 10.1. The third-order valence-electron chi connectivity index (χ3n) is 3.22. The lowest BCUT2D eigenvalue weighted by Gasteiger charge is -2.23. The van der Waals surface area contributed by atoms with Crippen molar-refractivity contribution in [3.05, 3.63) is 29.6 Å². The van der Waals surface area contributed by atoms with Crippen molar-refractivity contribution >= 4 is 15.9 Å². The summed E-state index contributed by atoms with van der Waals surface area (Å²) in [5.74, 6) is -1.29. The molecule has 1 saturated heterocycles. The molecular formula is C12H15FN2O4S. The predicted molar refractivity (Wildman–Crippen MR) is 69.1 cm³/mol. The summed E-state index contributed by atoms with van der Waals surface area (Å²) in [6, 6.07) is 2.75. The number of sulfonamides is 1.